The molecule has 0 fully saturated rings. The van der Waals surface area contributed by atoms with Crippen LogP contribution >= 0.6 is 0 Å². The Bertz CT molecular complexity index is 913. The third kappa shape index (κ3) is 5.37. The van der Waals surface area contributed by atoms with E-state index in [1.165, 1.54) is 42.6 Å². The maximum atomic E-state index is 12.9. The first kappa shape index (κ1) is 18.1. The molecular weight excluding hydrogens is 351 g/mol. The predicted molar refractivity (Wildman–Crippen MR) is 96.2 cm³/mol. The summed E-state index contributed by atoms with van der Waals surface area (Å²) in [5.74, 6) is -0.752. The van der Waals surface area contributed by atoms with Crippen molar-refractivity contribution in [3.63, 3.8) is 0 Å². The molecule has 0 bridgehead atoms. The van der Waals surface area contributed by atoms with Crippen LogP contribution in [0, 0.1) is 5.82 Å². The molecule has 0 radical (unpaired) electrons. The van der Waals surface area contributed by atoms with Crippen LogP contribution < -0.4 is 14.8 Å². The van der Waals surface area contributed by atoms with Crippen molar-refractivity contribution in [1.29, 1.82) is 0 Å². The summed E-state index contributed by atoms with van der Waals surface area (Å²) in [5.41, 5.74) is 0.754. The Morgan fingerprint density at radius 3 is 2.37 bits per heavy atom. The van der Waals surface area contributed by atoms with Gasteiger partial charge in [0.05, 0.1) is 5.56 Å². The quantitative estimate of drug-likeness (QED) is 0.534. The SMILES string of the molecule is O=C(COc1ccc(C(=O)Nc2ccc(F)cc2)cn1)Oc1ccccc1. The molecule has 0 unspecified atom stereocenters. The Labute approximate surface area is 154 Å². The lowest BCUT2D eigenvalue weighted by molar-refractivity contribution is -0.136. The number of carbonyl (C=O) groups excluding carboxylic acids is 2. The van der Waals surface area contributed by atoms with E-state index in [-0.39, 0.29) is 18.3 Å². The van der Waals surface area contributed by atoms with E-state index in [0.29, 0.717) is 17.0 Å². The van der Waals surface area contributed by atoms with Crippen molar-refractivity contribution in [2.75, 3.05) is 11.9 Å². The number of nitrogens with zero attached hydrogens (tertiary/aromatic N) is 1. The van der Waals surface area contributed by atoms with Crippen LogP contribution in [0.1, 0.15) is 10.4 Å². The van der Waals surface area contributed by atoms with Gasteiger partial charge < -0.3 is 14.8 Å². The molecule has 1 amide bonds. The summed E-state index contributed by atoms with van der Waals surface area (Å²) in [4.78, 5) is 27.8. The van der Waals surface area contributed by atoms with Crippen molar-refractivity contribution >= 4 is 17.6 Å². The number of ether oxygens (including phenoxy) is 2. The molecule has 7 heteroatoms. The first-order valence-corrected chi connectivity index (χ1v) is 8.02. The topological polar surface area (TPSA) is 77.5 Å². The third-order valence-corrected chi connectivity index (χ3v) is 3.41. The molecule has 3 aromatic rings. The highest BCUT2D eigenvalue weighted by atomic mass is 19.1. The van der Waals surface area contributed by atoms with Gasteiger partial charge in [-0.05, 0) is 42.5 Å². The lowest BCUT2D eigenvalue weighted by Crippen LogP contribution is -2.18. The monoisotopic (exact) mass is 366 g/mol. The summed E-state index contributed by atoms with van der Waals surface area (Å²) < 4.78 is 23.2. The van der Waals surface area contributed by atoms with Gasteiger partial charge in [0.25, 0.3) is 5.91 Å². The zero-order chi connectivity index (χ0) is 19.1. The Morgan fingerprint density at radius 2 is 1.70 bits per heavy atom. The van der Waals surface area contributed by atoms with E-state index in [1.807, 2.05) is 6.07 Å². The van der Waals surface area contributed by atoms with Crippen LogP contribution in [-0.4, -0.2) is 23.5 Å². The van der Waals surface area contributed by atoms with Crippen molar-refractivity contribution < 1.29 is 23.5 Å². The van der Waals surface area contributed by atoms with E-state index < -0.39 is 11.9 Å². The molecule has 3 rings (SSSR count). The van der Waals surface area contributed by atoms with Gasteiger partial charge in [0.1, 0.15) is 11.6 Å². The van der Waals surface area contributed by atoms with Gasteiger partial charge in [0, 0.05) is 18.0 Å². The van der Waals surface area contributed by atoms with Gasteiger partial charge in [-0.25, -0.2) is 14.2 Å². The van der Waals surface area contributed by atoms with Crippen LogP contribution in [0.3, 0.4) is 0 Å². The number of amides is 1. The molecule has 2 aromatic carbocycles. The number of esters is 1. The minimum absolute atomic E-state index is 0.179. The van der Waals surface area contributed by atoms with Gasteiger partial charge in [0.2, 0.25) is 5.88 Å². The number of hydrogen-bond acceptors (Lipinski definition) is 5. The van der Waals surface area contributed by atoms with Crippen LogP contribution in [0.4, 0.5) is 10.1 Å². The molecule has 27 heavy (non-hydrogen) atoms. The van der Waals surface area contributed by atoms with Gasteiger partial charge in [-0.1, -0.05) is 18.2 Å². The summed E-state index contributed by atoms with van der Waals surface area (Å²) in [5, 5.41) is 2.62. The fourth-order valence-corrected chi connectivity index (χ4v) is 2.12. The molecule has 136 valence electrons. The highest BCUT2D eigenvalue weighted by Gasteiger charge is 2.09. The van der Waals surface area contributed by atoms with E-state index in [2.05, 4.69) is 10.3 Å². The highest BCUT2D eigenvalue weighted by Crippen LogP contribution is 2.13. The van der Waals surface area contributed by atoms with Crippen molar-refractivity contribution in [3.05, 3.63) is 84.3 Å². The lowest BCUT2D eigenvalue weighted by atomic mass is 10.2. The maximum absolute atomic E-state index is 12.9. The Morgan fingerprint density at radius 1 is 0.963 bits per heavy atom. The molecule has 0 atom stereocenters. The predicted octanol–water partition coefficient (Wildman–Crippen LogP) is 3.46. The fourth-order valence-electron chi connectivity index (χ4n) is 2.12. The summed E-state index contributed by atoms with van der Waals surface area (Å²) in [6, 6.07) is 17.0. The molecule has 0 saturated heterocycles. The molecule has 6 nitrogen and oxygen atoms in total. The number of carbonyl (C=O) groups is 2. The third-order valence-electron chi connectivity index (χ3n) is 3.41. The van der Waals surface area contributed by atoms with Gasteiger partial charge in [0.15, 0.2) is 6.61 Å². The van der Waals surface area contributed by atoms with E-state index >= 15 is 0 Å². The first-order chi connectivity index (χ1) is 13.1. The fraction of sp³-hybridized carbons (Fsp3) is 0.0500. The number of para-hydroxylation sites is 1. The number of pyridine rings is 1. The minimum Gasteiger partial charge on any atom is -0.466 e. The number of benzene rings is 2. The lowest BCUT2D eigenvalue weighted by Gasteiger charge is -2.07. The molecular formula is C20H15FN2O4. The van der Waals surface area contributed by atoms with E-state index in [1.54, 1.807) is 24.3 Å². The molecule has 0 saturated carbocycles. The molecule has 1 aromatic heterocycles. The average Bonchev–Trinajstić information content (AvgIpc) is 2.69. The van der Waals surface area contributed by atoms with E-state index in [4.69, 9.17) is 9.47 Å². The zero-order valence-electron chi connectivity index (χ0n) is 14.1. The molecule has 0 aliphatic rings. The van der Waals surface area contributed by atoms with Crippen LogP contribution in [0.25, 0.3) is 0 Å². The Balaban J connectivity index is 1.51. The van der Waals surface area contributed by atoms with Gasteiger partial charge in [-0.2, -0.15) is 0 Å². The van der Waals surface area contributed by atoms with Gasteiger partial charge in [-0.3, -0.25) is 4.79 Å². The largest absolute Gasteiger partial charge is 0.466 e. The Kier molecular flexibility index (Phi) is 5.73. The smallest absolute Gasteiger partial charge is 0.349 e. The van der Waals surface area contributed by atoms with Crippen molar-refractivity contribution in [2.24, 2.45) is 0 Å². The van der Waals surface area contributed by atoms with Crippen molar-refractivity contribution in [2.45, 2.75) is 0 Å². The molecule has 0 aliphatic carbocycles. The van der Waals surface area contributed by atoms with Crippen LogP contribution in [0.15, 0.2) is 72.9 Å². The minimum atomic E-state index is -0.568. The van der Waals surface area contributed by atoms with E-state index in [0.717, 1.165) is 0 Å². The molecule has 1 heterocycles. The normalized spacial score (nSPS) is 10.1. The number of nitrogens with one attached hydrogen (secondary N) is 1. The van der Waals surface area contributed by atoms with Crippen molar-refractivity contribution in [1.82, 2.24) is 4.98 Å². The molecule has 0 aliphatic heterocycles. The van der Waals surface area contributed by atoms with Crippen molar-refractivity contribution in [3.8, 4) is 11.6 Å². The second-order valence-electron chi connectivity index (χ2n) is 5.42. The maximum Gasteiger partial charge on any atom is 0.349 e. The summed E-state index contributed by atoms with van der Waals surface area (Å²) >= 11 is 0. The standard InChI is InChI=1S/C20H15FN2O4/c21-15-7-9-16(10-8-15)23-20(25)14-6-11-18(22-12-14)26-13-19(24)27-17-4-2-1-3-5-17/h1-12H,13H2,(H,23,25). The van der Waals surface area contributed by atoms with Gasteiger partial charge in [-0.15, -0.1) is 0 Å². The van der Waals surface area contributed by atoms with Crippen LogP contribution in [-0.2, 0) is 4.79 Å². The number of halogens is 1. The van der Waals surface area contributed by atoms with Gasteiger partial charge >= 0.3 is 5.97 Å². The second kappa shape index (κ2) is 8.57. The average molecular weight is 366 g/mol. The Hall–Kier alpha value is -3.74. The van der Waals surface area contributed by atoms with Crippen LogP contribution in [0.5, 0.6) is 11.6 Å². The molecule has 1 N–H and O–H groups in total. The highest BCUT2D eigenvalue weighted by molar-refractivity contribution is 6.04. The first-order valence-electron chi connectivity index (χ1n) is 8.02. The second-order valence-corrected chi connectivity index (χ2v) is 5.42. The number of rotatable bonds is 6. The van der Waals surface area contributed by atoms with E-state index in [9.17, 15) is 14.0 Å². The summed E-state index contributed by atoms with van der Waals surface area (Å²) in [6.07, 6.45) is 1.32. The number of anilines is 1. The van der Waals surface area contributed by atoms with Crippen LogP contribution in [0.2, 0.25) is 0 Å². The zero-order valence-corrected chi connectivity index (χ0v) is 14.1. The number of aromatic nitrogens is 1. The summed E-state index contributed by atoms with van der Waals surface area (Å²) in [6.45, 7) is -0.316. The number of hydrogen-bond donors (Lipinski definition) is 1. The summed E-state index contributed by atoms with van der Waals surface area (Å²) in [7, 11) is 0. The molecule has 0 spiro atoms.